The fourth-order valence-corrected chi connectivity index (χ4v) is 3.23. The van der Waals surface area contributed by atoms with Gasteiger partial charge in [0.05, 0.1) is 11.5 Å². The minimum Gasteiger partial charge on any atom is -0.481 e. The molecule has 1 spiro atoms. The van der Waals surface area contributed by atoms with Gasteiger partial charge in [-0.15, -0.1) is 0 Å². The second-order valence-corrected chi connectivity index (χ2v) is 5.51. The van der Waals surface area contributed by atoms with Gasteiger partial charge in [-0.25, -0.2) is 0 Å². The summed E-state index contributed by atoms with van der Waals surface area (Å²) in [4.78, 5) is 11.3. The molecule has 2 atom stereocenters. The van der Waals surface area contributed by atoms with Crippen molar-refractivity contribution in [3.8, 4) is 0 Å². The van der Waals surface area contributed by atoms with Crippen LogP contribution >= 0.6 is 0 Å². The highest BCUT2D eigenvalue weighted by Crippen LogP contribution is 2.46. The van der Waals surface area contributed by atoms with Gasteiger partial charge in [-0.05, 0) is 57.4 Å². The molecule has 2 aliphatic rings. The van der Waals surface area contributed by atoms with Gasteiger partial charge in [0.1, 0.15) is 0 Å². The van der Waals surface area contributed by atoms with Crippen LogP contribution in [0.4, 0.5) is 0 Å². The summed E-state index contributed by atoms with van der Waals surface area (Å²) in [7, 11) is 0. The Balaban J connectivity index is 1.95. The number of carbonyl (C=O) groups is 1. The second-order valence-electron chi connectivity index (χ2n) is 5.51. The fourth-order valence-electron chi connectivity index (χ4n) is 3.23. The van der Waals surface area contributed by atoms with Crippen molar-refractivity contribution in [2.24, 2.45) is 17.6 Å². The van der Waals surface area contributed by atoms with E-state index in [9.17, 15) is 9.90 Å². The predicted molar refractivity (Wildman–Crippen MR) is 64.7 cm³/mol. The highest BCUT2D eigenvalue weighted by Gasteiger charge is 2.45. The van der Waals surface area contributed by atoms with Crippen LogP contribution in [0.5, 0.6) is 0 Å². The van der Waals surface area contributed by atoms with Gasteiger partial charge >= 0.3 is 5.97 Å². The number of hydrogen-bond donors (Lipinski definition) is 2. The van der Waals surface area contributed by atoms with Gasteiger partial charge in [0.2, 0.25) is 0 Å². The Morgan fingerprint density at radius 1 is 1.53 bits per heavy atom. The van der Waals surface area contributed by atoms with Crippen LogP contribution < -0.4 is 5.73 Å². The van der Waals surface area contributed by atoms with Gasteiger partial charge in [0.15, 0.2) is 0 Å². The molecule has 0 amide bonds. The fraction of sp³-hybridized carbons (Fsp3) is 0.923. The average molecular weight is 241 g/mol. The van der Waals surface area contributed by atoms with E-state index in [2.05, 4.69) is 0 Å². The van der Waals surface area contributed by atoms with Crippen LogP contribution in [0.1, 0.15) is 44.9 Å². The van der Waals surface area contributed by atoms with Crippen LogP contribution in [0.3, 0.4) is 0 Å². The minimum absolute atomic E-state index is 0.0410. The van der Waals surface area contributed by atoms with E-state index in [4.69, 9.17) is 10.5 Å². The monoisotopic (exact) mass is 241 g/mol. The SMILES string of the molecule is NCCCC(C(=O)O)C1CCOC2(CCC2)C1. The van der Waals surface area contributed by atoms with E-state index >= 15 is 0 Å². The van der Waals surface area contributed by atoms with E-state index in [1.54, 1.807) is 0 Å². The van der Waals surface area contributed by atoms with E-state index in [1.807, 2.05) is 0 Å². The number of hydrogen-bond acceptors (Lipinski definition) is 3. The molecule has 4 heteroatoms. The van der Waals surface area contributed by atoms with Gasteiger partial charge in [-0.1, -0.05) is 0 Å². The number of carboxylic acid groups (broad SMARTS) is 1. The standard InChI is InChI=1S/C13H23NO3/c14-7-1-3-11(12(15)16)10-4-8-17-13(9-10)5-2-6-13/h10-11H,1-9,14H2,(H,15,16). The summed E-state index contributed by atoms with van der Waals surface area (Å²) in [5, 5.41) is 9.33. The van der Waals surface area contributed by atoms with Crippen LogP contribution in [-0.2, 0) is 9.53 Å². The third-order valence-electron chi connectivity index (χ3n) is 4.40. The van der Waals surface area contributed by atoms with Crippen molar-refractivity contribution < 1.29 is 14.6 Å². The zero-order chi connectivity index (χ0) is 12.3. The zero-order valence-electron chi connectivity index (χ0n) is 10.4. The number of carboxylic acids is 1. The van der Waals surface area contributed by atoms with Crippen LogP contribution in [0, 0.1) is 11.8 Å². The van der Waals surface area contributed by atoms with Gasteiger partial charge in [-0.3, -0.25) is 4.79 Å². The molecule has 3 N–H and O–H groups in total. The predicted octanol–water partition coefficient (Wildman–Crippen LogP) is 1.78. The van der Waals surface area contributed by atoms with Gasteiger partial charge in [0.25, 0.3) is 0 Å². The maximum atomic E-state index is 11.3. The number of rotatable bonds is 5. The Morgan fingerprint density at radius 2 is 2.29 bits per heavy atom. The molecule has 2 rings (SSSR count). The van der Waals surface area contributed by atoms with Crippen molar-refractivity contribution in [2.45, 2.75) is 50.5 Å². The Morgan fingerprint density at radius 3 is 2.82 bits per heavy atom. The first kappa shape index (κ1) is 12.8. The van der Waals surface area contributed by atoms with Crippen molar-refractivity contribution in [1.82, 2.24) is 0 Å². The molecule has 0 radical (unpaired) electrons. The molecular formula is C13H23NO3. The Labute approximate surface area is 103 Å². The van der Waals surface area contributed by atoms with Gasteiger partial charge in [-0.2, -0.15) is 0 Å². The summed E-state index contributed by atoms with van der Waals surface area (Å²) in [5.74, 6) is -0.590. The summed E-state index contributed by atoms with van der Waals surface area (Å²) in [6.07, 6.45) is 6.82. The van der Waals surface area contributed by atoms with Gasteiger partial charge in [0, 0.05) is 6.61 Å². The maximum absolute atomic E-state index is 11.3. The van der Waals surface area contributed by atoms with Crippen molar-refractivity contribution in [3.05, 3.63) is 0 Å². The third-order valence-corrected chi connectivity index (χ3v) is 4.40. The van der Waals surface area contributed by atoms with E-state index in [1.165, 1.54) is 6.42 Å². The molecule has 2 fully saturated rings. The summed E-state index contributed by atoms with van der Waals surface area (Å²) in [6, 6.07) is 0. The molecular weight excluding hydrogens is 218 g/mol. The molecule has 1 saturated carbocycles. The molecule has 0 aromatic heterocycles. The smallest absolute Gasteiger partial charge is 0.306 e. The lowest BCUT2D eigenvalue weighted by atomic mass is 9.68. The number of aliphatic carboxylic acids is 1. The van der Waals surface area contributed by atoms with E-state index in [-0.39, 0.29) is 17.4 Å². The zero-order valence-corrected chi connectivity index (χ0v) is 10.4. The van der Waals surface area contributed by atoms with E-state index < -0.39 is 5.97 Å². The maximum Gasteiger partial charge on any atom is 0.306 e. The van der Waals surface area contributed by atoms with Crippen molar-refractivity contribution in [1.29, 1.82) is 0 Å². The van der Waals surface area contributed by atoms with Crippen LogP contribution in [-0.4, -0.2) is 29.8 Å². The van der Waals surface area contributed by atoms with Crippen LogP contribution in [0.25, 0.3) is 0 Å². The highest BCUT2D eigenvalue weighted by atomic mass is 16.5. The first-order chi connectivity index (χ1) is 8.17. The summed E-state index contributed by atoms with van der Waals surface area (Å²) < 4.78 is 5.85. The van der Waals surface area contributed by atoms with E-state index in [0.717, 1.165) is 38.7 Å². The molecule has 1 aliphatic carbocycles. The van der Waals surface area contributed by atoms with Crippen molar-refractivity contribution in [2.75, 3.05) is 13.2 Å². The molecule has 0 aromatic rings. The van der Waals surface area contributed by atoms with Gasteiger partial charge < -0.3 is 15.6 Å². The molecule has 2 unspecified atom stereocenters. The molecule has 4 nitrogen and oxygen atoms in total. The average Bonchev–Trinajstić information content (AvgIpc) is 2.27. The number of nitrogens with two attached hydrogens (primary N) is 1. The van der Waals surface area contributed by atoms with Crippen LogP contribution in [0.2, 0.25) is 0 Å². The largest absolute Gasteiger partial charge is 0.481 e. The lowest BCUT2D eigenvalue weighted by molar-refractivity contribution is -0.163. The first-order valence-corrected chi connectivity index (χ1v) is 6.74. The normalized spacial score (nSPS) is 28.6. The van der Waals surface area contributed by atoms with Crippen molar-refractivity contribution >= 4 is 5.97 Å². The minimum atomic E-state index is -0.653. The second kappa shape index (κ2) is 5.36. The molecule has 0 aromatic carbocycles. The molecule has 1 saturated heterocycles. The summed E-state index contributed by atoms with van der Waals surface area (Å²) in [5.41, 5.74) is 5.52. The summed E-state index contributed by atoms with van der Waals surface area (Å²) >= 11 is 0. The lowest BCUT2D eigenvalue weighted by Gasteiger charge is -2.48. The molecule has 1 aliphatic heterocycles. The molecule has 98 valence electrons. The summed E-state index contributed by atoms with van der Waals surface area (Å²) in [6.45, 7) is 1.31. The quantitative estimate of drug-likeness (QED) is 0.769. The highest BCUT2D eigenvalue weighted by molar-refractivity contribution is 5.70. The molecule has 1 heterocycles. The number of ether oxygens (including phenoxy) is 1. The Bertz CT molecular complexity index is 276. The third kappa shape index (κ3) is 2.80. The topological polar surface area (TPSA) is 72.6 Å². The Kier molecular flexibility index (Phi) is 4.05. The molecule has 17 heavy (non-hydrogen) atoms. The molecule has 0 bridgehead atoms. The van der Waals surface area contributed by atoms with Crippen LogP contribution in [0.15, 0.2) is 0 Å². The lowest BCUT2D eigenvalue weighted by Crippen LogP contribution is -2.47. The van der Waals surface area contributed by atoms with Crippen molar-refractivity contribution in [3.63, 3.8) is 0 Å². The Hall–Kier alpha value is -0.610. The first-order valence-electron chi connectivity index (χ1n) is 6.74. The van der Waals surface area contributed by atoms with E-state index in [0.29, 0.717) is 13.0 Å².